The van der Waals surface area contributed by atoms with E-state index in [4.69, 9.17) is 18.9 Å². The highest BCUT2D eigenvalue weighted by atomic mass is 32.2. The smallest absolute Gasteiger partial charge is 0.266 e. The Kier molecular flexibility index (Phi) is 3.35. The molecule has 5 rings (SSSR count). The zero-order valence-electron chi connectivity index (χ0n) is 13.9. The van der Waals surface area contributed by atoms with Crippen molar-refractivity contribution in [3.05, 3.63) is 42.5 Å². The van der Waals surface area contributed by atoms with Gasteiger partial charge in [0.1, 0.15) is 18.1 Å². The summed E-state index contributed by atoms with van der Waals surface area (Å²) in [6, 6.07) is 12.3. The maximum Gasteiger partial charge on any atom is 0.266 e. The molecule has 0 radical (unpaired) electrons. The summed E-state index contributed by atoms with van der Waals surface area (Å²) in [6.45, 7) is 1.16. The van der Waals surface area contributed by atoms with E-state index < -0.39 is 15.8 Å². The predicted octanol–water partition coefficient (Wildman–Crippen LogP) is 2.02. The predicted molar refractivity (Wildman–Crippen MR) is 91.2 cm³/mol. The maximum absolute atomic E-state index is 13.2. The van der Waals surface area contributed by atoms with Crippen LogP contribution >= 0.6 is 0 Å². The van der Waals surface area contributed by atoms with Gasteiger partial charge in [-0.1, -0.05) is 18.2 Å². The molecule has 3 aliphatic heterocycles. The number of nitrogens with zero attached hydrogens (tertiary/aromatic N) is 1. The Hall–Kier alpha value is -2.45. The molecule has 1 saturated heterocycles. The second-order valence-electron chi connectivity index (χ2n) is 6.43. The molecule has 1 spiro atoms. The van der Waals surface area contributed by atoms with Gasteiger partial charge >= 0.3 is 0 Å². The third-order valence-corrected chi connectivity index (χ3v) is 6.62. The van der Waals surface area contributed by atoms with Crippen molar-refractivity contribution in [2.24, 2.45) is 0 Å². The SMILES string of the molecule is O=S(=O)(c1cccc2c1OCCO2)N1CCC2(C1)Oc1ccccc1O2. The van der Waals surface area contributed by atoms with E-state index in [1.165, 1.54) is 4.31 Å². The zero-order valence-corrected chi connectivity index (χ0v) is 14.7. The summed E-state index contributed by atoms with van der Waals surface area (Å²) in [5.41, 5.74) is 0. The van der Waals surface area contributed by atoms with Crippen molar-refractivity contribution < 1.29 is 27.4 Å². The zero-order chi connectivity index (χ0) is 17.8. The van der Waals surface area contributed by atoms with Crippen LogP contribution in [0.5, 0.6) is 23.0 Å². The molecule has 3 heterocycles. The van der Waals surface area contributed by atoms with Gasteiger partial charge < -0.3 is 18.9 Å². The summed E-state index contributed by atoms with van der Waals surface area (Å²) in [6.07, 6.45) is 0.452. The summed E-state index contributed by atoms with van der Waals surface area (Å²) >= 11 is 0. The lowest BCUT2D eigenvalue weighted by atomic mass is 10.2. The molecular weight excluding hydrogens is 358 g/mol. The molecule has 3 aliphatic rings. The molecule has 0 unspecified atom stereocenters. The van der Waals surface area contributed by atoms with Gasteiger partial charge in [0, 0.05) is 13.0 Å². The van der Waals surface area contributed by atoms with E-state index in [-0.39, 0.29) is 17.2 Å². The topological polar surface area (TPSA) is 74.3 Å². The van der Waals surface area contributed by atoms with Crippen LogP contribution in [0.25, 0.3) is 0 Å². The molecule has 0 atom stereocenters. The molecular formula is C18H17NO6S. The quantitative estimate of drug-likeness (QED) is 0.800. The Bertz CT molecular complexity index is 948. The van der Waals surface area contributed by atoms with E-state index in [9.17, 15) is 8.42 Å². The number of ether oxygens (including phenoxy) is 4. The van der Waals surface area contributed by atoms with Crippen LogP contribution in [0.2, 0.25) is 0 Å². The fourth-order valence-electron chi connectivity index (χ4n) is 3.52. The Labute approximate surface area is 151 Å². The summed E-state index contributed by atoms with van der Waals surface area (Å²) in [4.78, 5) is 0.113. The number of rotatable bonds is 2. The van der Waals surface area contributed by atoms with Crippen molar-refractivity contribution in [1.82, 2.24) is 4.31 Å². The minimum atomic E-state index is -3.76. The first-order valence-electron chi connectivity index (χ1n) is 8.43. The number of benzene rings is 2. The van der Waals surface area contributed by atoms with Gasteiger partial charge in [-0.25, -0.2) is 8.42 Å². The molecule has 0 bridgehead atoms. The summed E-state index contributed by atoms with van der Waals surface area (Å²) in [7, 11) is -3.76. The number of para-hydroxylation sites is 3. The minimum absolute atomic E-state index is 0.113. The highest BCUT2D eigenvalue weighted by Crippen LogP contribution is 2.45. The van der Waals surface area contributed by atoms with Crippen LogP contribution in [0.4, 0.5) is 0 Å². The maximum atomic E-state index is 13.2. The lowest BCUT2D eigenvalue weighted by Crippen LogP contribution is -2.42. The summed E-state index contributed by atoms with van der Waals surface area (Å²) < 4.78 is 50.7. The third kappa shape index (κ3) is 2.33. The first kappa shape index (κ1) is 15.8. The second kappa shape index (κ2) is 5.52. The molecule has 136 valence electrons. The second-order valence-corrected chi connectivity index (χ2v) is 8.34. The minimum Gasteiger partial charge on any atom is -0.486 e. The van der Waals surface area contributed by atoms with Gasteiger partial charge in [-0.15, -0.1) is 0 Å². The van der Waals surface area contributed by atoms with E-state index in [1.54, 1.807) is 18.2 Å². The van der Waals surface area contributed by atoms with Crippen molar-refractivity contribution >= 4 is 10.0 Å². The van der Waals surface area contributed by atoms with Gasteiger partial charge in [0.05, 0.1) is 6.54 Å². The largest absolute Gasteiger partial charge is 0.486 e. The van der Waals surface area contributed by atoms with Crippen LogP contribution in [0, 0.1) is 0 Å². The number of hydrogen-bond acceptors (Lipinski definition) is 6. The van der Waals surface area contributed by atoms with Crippen molar-refractivity contribution in [3.8, 4) is 23.0 Å². The van der Waals surface area contributed by atoms with Crippen molar-refractivity contribution in [2.75, 3.05) is 26.3 Å². The van der Waals surface area contributed by atoms with E-state index in [1.807, 2.05) is 24.3 Å². The molecule has 0 saturated carbocycles. The van der Waals surface area contributed by atoms with Crippen LogP contribution in [0.15, 0.2) is 47.4 Å². The Morgan fingerprint density at radius 3 is 2.35 bits per heavy atom. The van der Waals surface area contributed by atoms with Gasteiger partial charge in [-0.2, -0.15) is 4.31 Å². The normalized spacial score (nSPS) is 20.5. The number of hydrogen-bond donors (Lipinski definition) is 0. The van der Waals surface area contributed by atoms with Crippen LogP contribution in [0.3, 0.4) is 0 Å². The average molecular weight is 375 g/mol. The van der Waals surface area contributed by atoms with Crippen LogP contribution in [-0.4, -0.2) is 44.8 Å². The Morgan fingerprint density at radius 2 is 1.58 bits per heavy atom. The first-order chi connectivity index (χ1) is 12.6. The van der Waals surface area contributed by atoms with Gasteiger partial charge in [-0.05, 0) is 24.3 Å². The molecule has 1 fully saturated rings. The van der Waals surface area contributed by atoms with E-state index >= 15 is 0 Å². The highest BCUT2D eigenvalue weighted by molar-refractivity contribution is 7.89. The molecule has 0 amide bonds. The molecule has 8 heteroatoms. The van der Waals surface area contributed by atoms with Gasteiger partial charge in [0.25, 0.3) is 5.79 Å². The monoisotopic (exact) mass is 375 g/mol. The van der Waals surface area contributed by atoms with Crippen LogP contribution in [-0.2, 0) is 10.0 Å². The average Bonchev–Trinajstić information content (AvgIpc) is 3.24. The highest BCUT2D eigenvalue weighted by Gasteiger charge is 2.51. The molecule has 2 aromatic carbocycles. The van der Waals surface area contributed by atoms with Crippen molar-refractivity contribution in [1.29, 1.82) is 0 Å². The fourth-order valence-corrected chi connectivity index (χ4v) is 5.14. The van der Waals surface area contributed by atoms with E-state index in [2.05, 4.69) is 0 Å². The van der Waals surface area contributed by atoms with Gasteiger partial charge in [0.2, 0.25) is 10.0 Å². The fraction of sp³-hybridized carbons (Fsp3) is 0.333. The van der Waals surface area contributed by atoms with Crippen LogP contribution in [0.1, 0.15) is 6.42 Å². The molecule has 2 aromatic rings. The summed E-state index contributed by atoms with van der Waals surface area (Å²) in [5, 5.41) is 0. The molecule has 7 nitrogen and oxygen atoms in total. The molecule has 0 N–H and O–H groups in total. The number of sulfonamides is 1. The molecule has 26 heavy (non-hydrogen) atoms. The lowest BCUT2D eigenvalue weighted by Gasteiger charge is -2.25. The Balaban J connectivity index is 1.45. The van der Waals surface area contributed by atoms with Gasteiger partial charge in [-0.3, -0.25) is 0 Å². The van der Waals surface area contributed by atoms with Gasteiger partial charge in [0.15, 0.2) is 23.0 Å². The van der Waals surface area contributed by atoms with Crippen molar-refractivity contribution in [2.45, 2.75) is 17.1 Å². The Morgan fingerprint density at radius 1 is 0.885 bits per heavy atom. The lowest BCUT2D eigenvalue weighted by molar-refractivity contribution is -0.0633. The molecule has 0 aliphatic carbocycles. The van der Waals surface area contributed by atoms with E-state index in [0.717, 1.165) is 0 Å². The van der Waals surface area contributed by atoms with E-state index in [0.29, 0.717) is 43.4 Å². The third-order valence-electron chi connectivity index (χ3n) is 4.75. The van der Waals surface area contributed by atoms with Crippen LogP contribution < -0.4 is 18.9 Å². The number of fused-ring (bicyclic) bond motifs is 2. The summed E-state index contributed by atoms with van der Waals surface area (Å²) in [5.74, 6) is 1.03. The molecule has 0 aromatic heterocycles. The van der Waals surface area contributed by atoms with Crippen molar-refractivity contribution in [3.63, 3.8) is 0 Å². The standard InChI is InChI=1S/C18H17NO6S/c20-26(21,16-7-3-6-15-17(16)23-11-10-22-15)19-9-8-18(12-19)24-13-4-1-2-5-14(13)25-18/h1-7H,8-12H2. The first-order valence-corrected chi connectivity index (χ1v) is 9.87.